The summed E-state index contributed by atoms with van der Waals surface area (Å²) in [5, 5.41) is 6.01. The molecule has 4 amide bonds. The van der Waals surface area contributed by atoms with Gasteiger partial charge in [0.05, 0.1) is 16.8 Å². The van der Waals surface area contributed by atoms with Gasteiger partial charge in [0.2, 0.25) is 0 Å². The topological polar surface area (TPSA) is 90.0 Å². The molecular formula is C34H31FN6O3S. The van der Waals surface area contributed by atoms with Gasteiger partial charge in [-0.15, -0.1) is 11.3 Å². The monoisotopic (exact) mass is 622 g/mol. The number of fused-ring (bicyclic) bond motifs is 1. The zero-order chi connectivity index (χ0) is 30.8. The molecule has 45 heavy (non-hydrogen) atoms. The van der Waals surface area contributed by atoms with E-state index in [2.05, 4.69) is 44.8 Å². The third-order valence-electron chi connectivity index (χ3n) is 7.96. The maximum Gasteiger partial charge on any atom is 0.332 e. The number of aromatic nitrogens is 1. The number of benzene rings is 3. The zero-order valence-corrected chi connectivity index (χ0v) is 25.2. The van der Waals surface area contributed by atoms with Crippen LogP contribution < -0.4 is 20.3 Å². The standard InChI is InChI=1S/C34H31FN6O3S/c35-27-20-25(38-33(42)41-19-18-40(34(41)43)26-4-2-1-3-5-26)10-11-29(27)44-30-12-13-37-28-21-31(45-32(28)30)24-8-6-23(7-9-24)22-39-16-14-36-15-17-39/h1-13,20-21,36H,14-19,22H2,(H,38,42). The third kappa shape index (κ3) is 6.23. The molecule has 5 aromatic rings. The molecule has 228 valence electrons. The van der Waals surface area contributed by atoms with Crippen LogP contribution in [0.5, 0.6) is 11.5 Å². The van der Waals surface area contributed by atoms with Crippen LogP contribution in [0.2, 0.25) is 0 Å². The van der Waals surface area contributed by atoms with Gasteiger partial charge in [-0.3, -0.25) is 14.8 Å². The molecule has 0 aliphatic carbocycles. The molecule has 9 nitrogen and oxygen atoms in total. The first-order valence-electron chi connectivity index (χ1n) is 14.9. The van der Waals surface area contributed by atoms with E-state index in [1.807, 2.05) is 36.4 Å². The van der Waals surface area contributed by atoms with Gasteiger partial charge < -0.3 is 15.4 Å². The van der Waals surface area contributed by atoms with Crippen molar-refractivity contribution in [1.29, 1.82) is 0 Å². The highest BCUT2D eigenvalue weighted by molar-refractivity contribution is 7.22. The van der Waals surface area contributed by atoms with Crippen LogP contribution >= 0.6 is 11.3 Å². The number of pyridine rings is 1. The Morgan fingerprint density at radius 2 is 1.73 bits per heavy atom. The summed E-state index contributed by atoms with van der Waals surface area (Å²) in [6.45, 7) is 5.70. The summed E-state index contributed by atoms with van der Waals surface area (Å²) in [7, 11) is 0. The lowest BCUT2D eigenvalue weighted by atomic mass is 10.1. The average Bonchev–Trinajstić information content (AvgIpc) is 3.68. The molecule has 0 atom stereocenters. The molecule has 2 N–H and O–H groups in total. The van der Waals surface area contributed by atoms with Crippen molar-refractivity contribution in [1.82, 2.24) is 20.1 Å². The SMILES string of the molecule is O=C(Nc1ccc(Oc2ccnc3cc(-c4ccc(CN5CCNCC5)cc4)sc23)c(F)c1)N1CCN(c2ccccc2)C1=O. The van der Waals surface area contributed by atoms with E-state index in [4.69, 9.17) is 4.74 Å². The summed E-state index contributed by atoms with van der Waals surface area (Å²) in [4.78, 5) is 36.3. The Bertz CT molecular complexity index is 1840. The van der Waals surface area contributed by atoms with Crippen LogP contribution in [-0.2, 0) is 6.54 Å². The second-order valence-electron chi connectivity index (χ2n) is 11.0. The minimum atomic E-state index is -0.645. The van der Waals surface area contributed by atoms with Crippen LogP contribution in [0.1, 0.15) is 5.56 Å². The Morgan fingerprint density at radius 1 is 0.933 bits per heavy atom. The smallest absolute Gasteiger partial charge is 0.332 e. The number of anilines is 2. The molecule has 0 saturated carbocycles. The number of hydrogen-bond acceptors (Lipinski definition) is 7. The van der Waals surface area contributed by atoms with Crippen LogP contribution in [0, 0.1) is 5.82 Å². The van der Waals surface area contributed by atoms with E-state index in [0.717, 1.165) is 58.3 Å². The summed E-state index contributed by atoms with van der Waals surface area (Å²) in [5.74, 6) is -0.139. The van der Waals surface area contributed by atoms with Crippen molar-refractivity contribution in [2.24, 2.45) is 0 Å². The number of nitrogens with zero attached hydrogens (tertiary/aromatic N) is 4. The van der Waals surface area contributed by atoms with Gasteiger partial charge in [0.25, 0.3) is 0 Å². The van der Waals surface area contributed by atoms with Crippen molar-refractivity contribution in [2.45, 2.75) is 6.54 Å². The quantitative estimate of drug-likeness (QED) is 0.208. The molecule has 2 fully saturated rings. The van der Waals surface area contributed by atoms with E-state index in [-0.39, 0.29) is 18.0 Å². The van der Waals surface area contributed by atoms with Gasteiger partial charge in [0.1, 0.15) is 5.75 Å². The number of imide groups is 1. The Morgan fingerprint density at radius 3 is 2.51 bits per heavy atom. The molecule has 7 rings (SSSR count). The largest absolute Gasteiger partial charge is 0.453 e. The number of ether oxygens (including phenoxy) is 1. The highest BCUT2D eigenvalue weighted by atomic mass is 32.1. The molecule has 2 aliphatic heterocycles. The highest BCUT2D eigenvalue weighted by Gasteiger charge is 2.34. The number of halogens is 1. The van der Waals surface area contributed by atoms with Gasteiger partial charge in [0.15, 0.2) is 11.6 Å². The average molecular weight is 623 g/mol. The summed E-state index contributed by atoms with van der Waals surface area (Å²) in [6.07, 6.45) is 1.64. The van der Waals surface area contributed by atoms with Crippen molar-refractivity contribution < 1.29 is 18.7 Å². The molecule has 0 unspecified atom stereocenters. The fourth-order valence-electron chi connectivity index (χ4n) is 5.58. The van der Waals surface area contributed by atoms with Crippen molar-refractivity contribution in [3.05, 3.63) is 103 Å². The second kappa shape index (κ2) is 12.6. The van der Waals surface area contributed by atoms with Gasteiger partial charge >= 0.3 is 12.1 Å². The Balaban J connectivity index is 1.02. The van der Waals surface area contributed by atoms with Crippen LogP contribution in [0.4, 0.5) is 25.4 Å². The Kier molecular flexibility index (Phi) is 8.12. The van der Waals surface area contributed by atoms with Crippen LogP contribution in [0.25, 0.3) is 20.7 Å². The molecule has 0 bridgehead atoms. The number of urea groups is 2. The maximum absolute atomic E-state index is 15.2. The second-order valence-corrected chi connectivity index (χ2v) is 12.0. The molecule has 2 aromatic heterocycles. The van der Waals surface area contributed by atoms with Crippen molar-refractivity contribution in [2.75, 3.05) is 49.5 Å². The third-order valence-corrected chi connectivity index (χ3v) is 9.14. The molecule has 2 saturated heterocycles. The molecule has 11 heteroatoms. The number of amides is 4. The number of thiophene rings is 1. The lowest BCUT2D eigenvalue weighted by Gasteiger charge is -2.27. The minimum Gasteiger partial charge on any atom is -0.453 e. The summed E-state index contributed by atoms with van der Waals surface area (Å²) in [6, 6.07) is 24.6. The zero-order valence-electron chi connectivity index (χ0n) is 24.4. The number of para-hydroxylation sites is 1. The maximum atomic E-state index is 15.2. The fraction of sp³-hybridized carbons (Fsp3) is 0.206. The van der Waals surface area contributed by atoms with Crippen molar-refractivity contribution in [3.8, 4) is 21.9 Å². The predicted molar refractivity (Wildman–Crippen MR) is 175 cm³/mol. The molecule has 2 aliphatic rings. The summed E-state index contributed by atoms with van der Waals surface area (Å²) < 4.78 is 22.0. The molecule has 0 spiro atoms. The Hall–Kier alpha value is -4.84. The first kappa shape index (κ1) is 28.9. The van der Waals surface area contributed by atoms with Crippen molar-refractivity contribution >= 4 is 45.0 Å². The first-order chi connectivity index (χ1) is 22.0. The van der Waals surface area contributed by atoms with Gasteiger partial charge in [-0.1, -0.05) is 42.5 Å². The van der Waals surface area contributed by atoms with Gasteiger partial charge in [-0.2, -0.15) is 0 Å². The van der Waals surface area contributed by atoms with E-state index < -0.39 is 17.9 Å². The van der Waals surface area contributed by atoms with Crippen LogP contribution in [0.3, 0.4) is 0 Å². The fourth-order valence-corrected chi connectivity index (χ4v) is 6.65. The number of carbonyl (C=O) groups is 2. The summed E-state index contributed by atoms with van der Waals surface area (Å²) >= 11 is 1.54. The van der Waals surface area contributed by atoms with Crippen LogP contribution in [0.15, 0.2) is 91.1 Å². The van der Waals surface area contributed by atoms with Crippen LogP contribution in [-0.4, -0.2) is 66.1 Å². The lowest BCUT2D eigenvalue weighted by molar-refractivity contribution is 0.209. The Labute approximate surface area is 263 Å². The first-order valence-corrected chi connectivity index (χ1v) is 15.7. The van der Waals surface area contributed by atoms with Gasteiger partial charge in [-0.25, -0.2) is 18.9 Å². The number of nitrogens with one attached hydrogen (secondary N) is 2. The number of piperazine rings is 1. The van der Waals surface area contributed by atoms with E-state index in [0.29, 0.717) is 18.0 Å². The number of carbonyl (C=O) groups excluding carboxylic acids is 2. The molecule has 4 heterocycles. The summed E-state index contributed by atoms with van der Waals surface area (Å²) in [5.41, 5.74) is 4.06. The van der Waals surface area contributed by atoms with E-state index >= 15 is 4.39 Å². The number of hydrogen-bond donors (Lipinski definition) is 2. The minimum absolute atomic E-state index is 0.0141. The molecule has 3 aromatic carbocycles. The van der Waals surface area contributed by atoms with E-state index in [1.54, 1.807) is 29.7 Å². The van der Waals surface area contributed by atoms with E-state index in [9.17, 15) is 9.59 Å². The highest BCUT2D eigenvalue weighted by Crippen LogP contribution is 2.40. The van der Waals surface area contributed by atoms with Gasteiger partial charge in [-0.05, 0) is 41.5 Å². The van der Waals surface area contributed by atoms with Gasteiger partial charge in [0, 0.05) is 73.9 Å². The normalized spacial score (nSPS) is 15.5. The van der Waals surface area contributed by atoms with E-state index in [1.165, 1.54) is 22.6 Å². The molecule has 0 radical (unpaired) electrons. The number of rotatable bonds is 7. The lowest BCUT2D eigenvalue weighted by Crippen LogP contribution is -2.42. The van der Waals surface area contributed by atoms with Crippen molar-refractivity contribution in [3.63, 3.8) is 0 Å². The predicted octanol–water partition coefficient (Wildman–Crippen LogP) is 6.77. The molecular weight excluding hydrogens is 591 g/mol.